The van der Waals surface area contributed by atoms with Crippen LogP contribution in [0.2, 0.25) is 0 Å². The Morgan fingerprint density at radius 1 is 1.31 bits per heavy atom. The number of ether oxygens (including phenoxy) is 2. The molecule has 26 heavy (non-hydrogen) atoms. The fraction of sp³-hybridized carbons (Fsp3) is 0.474. The van der Waals surface area contributed by atoms with Crippen molar-refractivity contribution in [1.29, 1.82) is 0 Å². The summed E-state index contributed by atoms with van der Waals surface area (Å²) in [6.45, 7) is 6.76. The van der Waals surface area contributed by atoms with Gasteiger partial charge in [-0.25, -0.2) is 9.97 Å². The fourth-order valence-electron chi connectivity index (χ4n) is 3.67. The monoisotopic (exact) mass is 354 g/mol. The normalized spacial score (nSPS) is 24.5. The van der Waals surface area contributed by atoms with E-state index in [9.17, 15) is 4.79 Å². The Morgan fingerprint density at radius 3 is 2.96 bits per heavy atom. The van der Waals surface area contributed by atoms with Gasteiger partial charge in [0.25, 0.3) is 5.91 Å². The summed E-state index contributed by atoms with van der Waals surface area (Å²) in [5, 5.41) is 0. The van der Waals surface area contributed by atoms with Crippen LogP contribution in [0.4, 0.5) is 0 Å². The summed E-state index contributed by atoms with van der Waals surface area (Å²) in [5.74, 6) is 0.271. The molecule has 0 spiro atoms. The number of fused-ring (bicyclic) bond motifs is 1. The van der Waals surface area contributed by atoms with Crippen molar-refractivity contribution in [1.82, 2.24) is 19.9 Å². The van der Waals surface area contributed by atoms with Crippen LogP contribution in [-0.4, -0.2) is 58.7 Å². The first kappa shape index (κ1) is 16.9. The third-order valence-electron chi connectivity index (χ3n) is 5.23. The maximum atomic E-state index is 12.8. The van der Waals surface area contributed by atoms with Gasteiger partial charge in [-0.2, -0.15) is 0 Å². The van der Waals surface area contributed by atoms with Crippen LogP contribution in [0.1, 0.15) is 21.7 Å². The molecule has 4 rings (SSSR count). The Kier molecular flexibility index (Phi) is 4.32. The lowest BCUT2D eigenvalue weighted by Gasteiger charge is -2.26. The molecular formula is C19H22N4O3. The minimum absolute atomic E-state index is 0.0121. The van der Waals surface area contributed by atoms with E-state index in [1.807, 2.05) is 36.9 Å². The van der Waals surface area contributed by atoms with E-state index < -0.39 is 0 Å². The molecule has 0 N–H and O–H groups in total. The summed E-state index contributed by atoms with van der Waals surface area (Å²) in [6.07, 6.45) is 3.33. The lowest BCUT2D eigenvalue weighted by Crippen LogP contribution is -2.38. The summed E-state index contributed by atoms with van der Waals surface area (Å²) in [4.78, 5) is 27.4. The van der Waals surface area contributed by atoms with Gasteiger partial charge in [0, 0.05) is 42.8 Å². The zero-order valence-electron chi connectivity index (χ0n) is 15.0. The molecule has 0 unspecified atom stereocenters. The Morgan fingerprint density at radius 2 is 2.19 bits per heavy atom. The van der Waals surface area contributed by atoms with Crippen molar-refractivity contribution in [3.8, 4) is 6.01 Å². The second kappa shape index (κ2) is 6.64. The van der Waals surface area contributed by atoms with Crippen molar-refractivity contribution in [2.75, 3.05) is 32.9 Å². The van der Waals surface area contributed by atoms with Crippen molar-refractivity contribution in [3.05, 3.63) is 47.5 Å². The van der Waals surface area contributed by atoms with Gasteiger partial charge in [0.2, 0.25) is 0 Å². The Labute approximate surface area is 152 Å². The van der Waals surface area contributed by atoms with E-state index in [1.54, 1.807) is 12.4 Å². The van der Waals surface area contributed by atoms with Crippen LogP contribution in [0, 0.1) is 25.2 Å². The van der Waals surface area contributed by atoms with E-state index in [2.05, 4.69) is 15.0 Å². The van der Waals surface area contributed by atoms with E-state index in [-0.39, 0.29) is 17.2 Å². The maximum Gasteiger partial charge on any atom is 0.316 e. The fourth-order valence-corrected chi connectivity index (χ4v) is 3.67. The summed E-state index contributed by atoms with van der Waals surface area (Å²) in [5.41, 5.74) is 2.17. The van der Waals surface area contributed by atoms with Crippen molar-refractivity contribution in [2.24, 2.45) is 11.3 Å². The van der Waals surface area contributed by atoms with Crippen LogP contribution in [-0.2, 0) is 4.74 Å². The van der Waals surface area contributed by atoms with Crippen LogP contribution in [0.5, 0.6) is 6.01 Å². The van der Waals surface area contributed by atoms with Crippen molar-refractivity contribution < 1.29 is 14.3 Å². The molecule has 2 aliphatic heterocycles. The SMILES string of the molecule is Cc1ccc(C(=O)N2C[C@H]3COC[C@@]3(COc3nccc(C)n3)C2)cn1. The highest BCUT2D eigenvalue weighted by Crippen LogP contribution is 2.42. The number of hydrogen-bond donors (Lipinski definition) is 0. The molecule has 136 valence electrons. The number of amides is 1. The molecule has 4 heterocycles. The van der Waals surface area contributed by atoms with Crippen molar-refractivity contribution >= 4 is 5.91 Å². The molecule has 2 saturated heterocycles. The smallest absolute Gasteiger partial charge is 0.316 e. The number of hydrogen-bond acceptors (Lipinski definition) is 6. The molecule has 0 aromatic carbocycles. The molecule has 0 saturated carbocycles. The number of pyridine rings is 1. The second-order valence-electron chi connectivity index (χ2n) is 7.22. The first-order valence-corrected chi connectivity index (χ1v) is 8.78. The highest BCUT2D eigenvalue weighted by Gasteiger charge is 2.52. The van der Waals surface area contributed by atoms with E-state index in [1.165, 1.54) is 0 Å². The van der Waals surface area contributed by atoms with Gasteiger partial charge in [-0.3, -0.25) is 9.78 Å². The van der Waals surface area contributed by atoms with Crippen molar-refractivity contribution in [2.45, 2.75) is 13.8 Å². The largest absolute Gasteiger partial charge is 0.463 e. The van der Waals surface area contributed by atoms with Gasteiger partial charge in [-0.1, -0.05) is 0 Å². The highest BCUT2D eigenvalue weighted by atomic mass is 16.5. The number of rotatable bonds is 4. The number of carbonyl (C=O) groups excluding carboxylic acids is 1. The molecule has 2 atom stereocenters. The molecular weight excluding hydrogens is 332 g/mol. The summed E-state index contributed by atoms with van der Waals surface area (Å²) >= 11 is 0. The van der Waals surface area contributed by atoms with Gasteiger partial charge >= 0.3 is 6.01 Å². The third kappa shape index (κ3) is 3.14. The van der Waals surface area contributed by atoms with Gasteiger partial charge in [0.15, 0.2) is 0 Å². The molecule has 2 aromatic heterocycles. The summed E-state index contributed by atoms with van der Waals surface area (Å²) < 4.78 is 11.6. The van der Waals surface area contributed by atoms with Crippen LogP contribution in [0.25, 0.3) is 0 Å². The number of likely N-dealkylation sites (tertiary alicyclic amines) is 1. The first-order chi connectivity index (χ1) is 12.6. The van der Waals surface area contributed by atoms with E-state index in [0.717, 1.165) is 11.4 Å². The second-order valence-corrected chi connectivity index (χ2v) is 7.22. The zero-order valence-corrected chi connectivity index (χ0v) is 15.0. The Hall–Kier alpha value is -2.54. The van der Waals surface area contributed by atoms with Crippen LogP contribution >= 0.6 is 0 Å². The molecule has 2 fully saturated rings. The number of aryl methyl sites for hydroxylation is 2. The lowest BCUT2D eigenvalue weighted by molar-refractivity contribution is 0.0649. The van der Waals surface area contributed by atoms with E-state index in [0.29, 0.717) is 44.5 Å². The lowest BCUT2D eigenvalue weighted by atomic mass is 9.82. The third-order valence-corrected chi connectivity index (χ3v) is 5.23. The van der Waals surface area contributed by atoms with Gasteiger partial charge < -0.3 is 14.4 Å². The molecule has 0 bridgehead atoms. The summed E-state index contributed by atoms with van der Waals surface area (Å²) in [6, 6.07) is 5.90. The molecule has 2 aliphatic rings. The van der Waals surface area contributed by atoms with Crippen LogP contribution < -0.4 is 4.74 Å². The minimum atomic E-state index is -0.207. The van der Waals surface area contributed by atoms with Gasteiger partial charge in [0.05, 0.1) is 24.2 Å². The number of nitrogens with zero attached hydrogens (tertiary/aromatic N) is 4. The Balaban J connectivity index is 1.47. The minimum Gasteiger partial charge on any atom is -0.463 e. The molecule has 0 radical (unpaired) electrons. The predicted octanol–water partition coefficient (Wildman–Crippen LogP) is 1.66. The van der Waals surface area contributed by atoms with Gasteiger partial charge in [0.1, 0.15) is 6.61 Å². The van der Waals surface area contributed by atoms with Crippen LogP contribution in [0.15, 0.2) is 30.6 Å². The number of aromatic nitrogens is 3. The van der Waals surface area contributed by atoms with E-state index >= 15 is 0 Å². The molecule has 7 nitrogen and oxygen atoms in total. The predicted molar refractivity (Wildman–Crippen MR) is 93.9 cm³/mol. The number of carbonyl (C=O) groups is 1. The summed E-state index contributed by atoms with van der Waals surface area (Å²) in [7, 11) is 0. The Bertz CT molecular complexity index is 811. The van der Waals surface area contributed by atoms with Gasteiger partial charge in [-0.15, -0.1) is 0 Å². The standard InChI is InChI=1S/C19H22N4O3/c1-13-3-4-15(7-21-13)17(24)23-8-16-9-25-11-19(16,10-23)12-26-18-20-6-5-14(2)22-18/h3-7,16H,8-12H2,1-2H3/t16-,19+/m0/s1. The average molecular weight is 354 g/mol. The van der Waals surface area contributed by atoms with Crippen molar-refractivity contribution in [3.63, 3.8) is 0 Å². The molecule has 1 amide bonds. The molecule has 0 aliphatic carbocycles. The molecule has 2 aromatic rings. The topological polar surface area (TPSA) is 77.4 Å². The quantitative estimate of drug-likeness (QED) is 0.831. The zero-order chi connectivity index (χ0) is 18.1. The first-order valence-electron chi connectivity index (χ1n) is 8.78. The molecule has 7 heteroatoms. The highest BCUT2D eigenvalue weighted by molar-refractivity contribution is 5.94. The van der Waals surface area contributed by atoms with Gasteiger partial charge in [-0.05, 0) is 32.0 Å². The maximum absolute atomic E-state index is 12.8. The average Bonchev–Trinajstić information content (AvgIpc) is 3.17. The van der Waals surface area contributed by atoms with Crippen LogP contribution in [0.3, 0.4) is 0 Å². The van der Waals surface area contributed by atoms with E-state index in [4.69, 9.17) is 9.47 Å².